The van der Waals surface area contributed by atoms with Gasteiger partial charge in [-0.25, -0.2) is 0 Å². The first kappa shape index (κ1) is 17.1. The number of carbonyl (C=O) groups excluding carboxylic acids is 2. The van der Waals surface area contributed by atoms with E-state index in [1.54, 1.807) is 32.2 Å². The summed E-state index contributed by atoms with van der Waals surface area (Å²) in [4.78, 5) is 29.1. The Hall–Kier alpha value is -1.91. The van der Waals surface area contributed by atoms with Crippen molar-refractivity contribution in [3.05, 3.63) is 30.1 Å². The van der Waals surface area contributed by atoms with E-state index >= 15 is 0 Å². The first-order valence-electron chi connectivity index (χ1n) is 7.35. The minimum Gasteiger partial charge on any atom is -0.465 e. The number of aromatic nitrogens is 1. The molecule has 0 amide bonds. The molecule has 0 atom stereocenters. The van der Waals surface area contributed by atoms with Crippen LogP contribution in [0.2, 0.25) is 0 Å². The van der Waals surface area contributed by atoms with Gasteiger partial charge in [0.1, 0.15) is 0 Å². The number of nitrogens with zero attached hydrogens (tertiary/aromatic N) is 1. The highest BCUT2D eigenvalue weighted by molar-refractivity contribution is 6.00. The van der Waals surface area contributed by atoms with Crippen LogP contribution in [0.4, 0.5) is 0 Å². The van der Waals surface area contributed by atoms with Crippen molar-refractivity contribution in [3.63, 3.8) is 0 Å². The van der Waals surface area contributed by atoms with Gasteiger partial charge in [-0.15, -0.1) is 0 Å². The maximum absolute atomic E-state index is 12.4. The summed E-state index contributed by atoms with van der Waals surface area (Å²) in [5, 5.41) is 0. The fraction of sp³-hybridized carbons (Fsp3) is 0.562. The Morgan fingerprint density at radius 1 is 1.10 bits per heavy atom. The lowest BCUT2D eigenvalue weighted by atomic mass is 9.79. The number of carbonyl (C=O) groups is 2. The molecule has 0 spiro atoms. The molecular formula is C16H23NO4. The van der Waals surface area contributed by atoms with E-state index in [9.17, 15) is 9.59 Å². The van der Waals surface area contributed by atoms with Gasteiger partial charge in [-0.2, -0.15) is 0 Å². The Morgan fingerprint density at radius 2 is 1.71 bits per heavy atom. The number of rotatable bonds is 8. The van der Waals surface area contributed by atoms with Crippen LogP contribution in [0.5, 0.6) is 0 Å². The van der Waals surface area contributed by atoms with Gasteiger partial charge in [0.15, 0.2) is 5.41 Å². The molecule has 0 aromatic carbocycles. The topological polar surface area (TPSA) is 65.5 Å². The van der Waals surface area contributed by atoms with Gasteiger partial charge in [-0.1, -0.05) is 19.4 Å². The lowest BCUT2D eigenvalue weighted by Gasteiger charge is -2.28. The maximum atomic E-state index is 12.4. The number of pyridine rings is 1. The molecule has 21 heavy (non-hydrogen) atoms. The maximum Gasteiger partial charge on any atom is 0.323 e. The van der Waals surface area contributed by atoms with E-state index in [-0.39, 0.29) is 19.6 Å². The third-order valence-electron chi connectivity index (χ3n) is 3.22. The Kier molecular flexibility index (Phi) is 6.85. The average Bonchev–Trinajstić information content (AvgIpc) is 2.48. The molecule has 0 aliphatic heterocycles. The van der Waals surface area contributed by atoms with Gasteiger partial charge in [0.2, 0.25) is 0 Å². The van der Waals surface area contributed by atoms with Crippen molar-refractivity contribution >= 4 is 11.9 Å². The molecule has 0 bridgehead atoms. The SMILES string of the molecule is CCCC(Cc1ccccn1)(C(=O)OCC)C(=O)OCC. The van der Waals surface area contributed by atoms with Crippen LogP contribution in [0.3, 0.4) is 0 Å². The molecule has 0 saturated carbocycles. The van der Waals surface area contributed by atoms with E-state index in [0.29, 0.717) is 18.5 Å². The molecule has 0 aliphatic rings. The summed E-state index contributed by atoms with van der Waals surface area (Å²) in [5.41, 5.74) is -0.637. The third-order valence-corrected chi connectivity index (χ3v) is 3.22. The van der Waals surface area contributed by atoms with E-state index in [4.69, 9.17) is 9.47 Å². The first-order chi connectivity index (χ1) is 10.1. The summed E-state index contributed by atoms with van der Waals surface area (Å²) >= 11 is 0. The van der Waals surface area contributed by atoms with Crippen LogP contribution in [0, 0.1) is 5.41 Å². The summed E-state index contributed by atoms with van der Waals surface area (Å²) in [7, 11) is 0. The fourth-order valence-corrected chi connectivity index (χ4v) is 2.30. The predicted octanol–water partition coefficient (Wildman–Crippen LogP) is 2.54. The molecule has 0 fully saturated rings. The summed E-state index contributed by atoms with van der Waals surface area (Å²) in [6.07, 6.45) is 2.88. The molecule has 1 rings (SSSR count). The van der Waals surface area contributed by atoms with Crippen molar-refractivity contribution in [1.29, 1.82) is 0 Å². The smallest absolute Gasteiger partial charge is 0.323 e. The second-order valence-electron chi connectivity index (χ2n) is 4.77. The molecule has 5 nitrogen and oxygen atoms in total. The Bertz CT molecular complexity index is 441. The van der Waals surface area contributed by atoms with Crippen LogP contribution in [-0.2, 0) is 25.5 Å². The van der Waals surface area contributed by atoms with Gasteiger partial charge in [0.05, 0.1) is 13.2 Å². The van der Waals surface area contributed by atoms with E-state index in [1.807, 2.05) is 13.0 Å². The van der Waals surface area contributed by atoms with Gasteiger partial charge < -0.3 is 9.47 Å². The van der Waals surface area contributed by atoms with Crippen molar-refractivity contribution in [2.75, 3.05) is 13.2 Å². The molecule has 116 valence electrons. The monoisotopic (exact) mass is 293 g/mol. The minimum atomic E-state index is -1.31. The summed E-state index contributed by atoms with van der Waals surface area (Å²) < 4.78 is 10.3. The van der Waals surface area contributed by atoms with Gasteiger partial charge >= 0.3 is 11.9 Å². The van der Waals surface area contributed by atoms with E-state index in [1.165, 1.54) is 0 Å². The van der Waals surface area contributed by atoms with E-state index in [2.05, 4.69) is 4.98 Å². The molecule has 1 aromatic rings. The lowest BCUT2D eigenvalue weighted by molar-refractivity contribution is -0.172. The highest BCUT2D eigenvalue weighted by Crippen LogP contribution is 2.32. The molecule has 1 heterocycles. The van der Waals surface area contributed by atoms with Crippen LogP contribution >= 0.6 is 0 Å². The molecule has 0 saturated heterocycles. The Labute approximate surface area is 125 Å². The van der Waals surface area contributed by atoms with Crippen LogP contribution in [-0.4, -0.2) is 30.1 Å². The molecule has 0 unspecified atom stereocenters. The Morgan fingerprint density at radius 3 is 2.14 bits per heavy atom. The molecule has 0 radical (unpaired) electrons. The molecule has 5 heteroatoms. The molecule has 0 N–H and O–H groups in total. The number of hydrogen-bond donors (Lipinski definition) is 0. The Balaban J connectivity index is 3.15. The first-order valence-corrected chi connectivity index (χ1v) is 7.35. The zero-order valence-corrected chi connectivity index (χ0v) is 12.9. The highest BCUT2D eigenvalue weighted by Gasteiger charge is 2.48. The number of hydrogen-bond acceptors (Lipinski definition) is 5. The standard InChI is InChI=1S/C16H23NO4/c1-4-10-16(14(18)20-5-2,15(19)21-6-3)12-13-9-7-8-11-17-13/h7-9,11H,4-6,10,12H2,1-3H3. The predicted molar refractivity (Wildman–Crippen MR) is 78.5 cm³/mol. The highest BCUT2D eigenvalue weighted by atomic mass is 16.6. The van der Waals surface area contributed by atoms with Crippen molar-refractivity contribution in [3.8, 4) is 0 Å². The largest absolute Gasteiger partial charge is 0.465 e. The zero-order valence-electron chi connectivity index (χ0n) is 12.9. The van der Waals surface area contributed by atoms with Gasteiger partial charge in [0.25, 0.3) is 0 Å². The van der Waals surface area contributed by atoms with Crippen molar-refractivity contribution in [2.24, 2.45) is 5.41 Å². The van der Waals surface area contributed by atoms with E-state index in [0.717, 1.165) is 0 Å². The van der Waals surface area contributed by atoms with Crippen molar-refractivity contribution < 1.29 is 19.1 Å². The quantitative estimate of drug-likeness (QED) is 0.544. The number of esters is 2. The molecule has 0 aliphatic carbocycles. The second-order valence-corrected chi connectivity index (χ2v) is 4.77. The van der Waals surface area contributed by atoms with Gasteiger partial charge in [-0.3, -0.25) is 14.6 Å². The molecule has 1 aromatic heterocycles. The third kappa shape index (κ3) is 4.28. The van der Waals surface area contributed by atoms with Crippen LogP contribution in [0.25, 0.3) is 0 Å². The molecular weight excluding hydrogens is 270 g/mol. The van der Waals surface area contributed by atoms with Gasteiger partial charge in [0, 0.05) is 18.3 Å². The van der Waals surface area contributed by atoms with Crippen molar-refractivity contribution in [1.82, 2.24) is 4.98 Å². The van der Waals surface area contributed by atoms with Crippen LogP contribution < -0.4 is 0 Å². The lowest BCUT2D eigenvalue weighted by Crippen LogP contribution is -2.44. The summed E-state index contributed by atoms with van der Waals surface area (Å²) in [5.74, 6) is -1.06. The summed E-state index contributed by atoms with van der Waals surface area (Å²) in [6, 6.07) is 5.41. The van der Waals surface area contributed by atoms with Crippen LogP contribution in [0.1, 0.15) is 39.3 Å². The minimum absolute atomic E-state index is 0.194. The normalized spacial score (nSPS) is 11.0. The van der Waals surface area contributed by atoms with Crippen molar-refractivity contribution in [2.45, 2.75) is 40.0 Å². The van der Waals surface area contributed by atoms with Gasteiger partial charge in [-0.05, 0) is 32.4 Å². The fourth-order valence-electron chi connectivity index (χ4n) is 2.30. The average molecular weight is 293 g/mol. The van der Waals surface area contributed by atoms with E-state index < -0.39 is 17.4 Å². The van der Waals surface area contributed by atoms with Crippen LogP contribution in [0.15, 0.2) is 24.4 Å². The zero-order chi connectivity index (χ0) is 15.7. The summed E-state index contributed by atoms with van der Waals surface area (Å²) in [6.45, 7) is 5.82. The second kappa shape index (κ2) is 8.39. The number of ether oxygens (including phenoxy) is 2.